The van der Waals surface area contributed by atoms with Gasteiger partial charge in [-0.3, -0.25) is 4.68 Å². The van der Waals surface area contributed by atoms with Gasteiger partial charge in [0.2, 0.25) is 0 Å². The SMILES string of the molecule is CCNC(Cc1cnn(CC)c1)C(C)CC. The van der Waals surface area contributed by atoms with Gasteiger partial charge in [-0.2, -0.15) is 5.10 Å². The van der Waals surface area contributed by atoms with Crippen LogP contribution in [0.4, 0.5) is 0 Å². The molecular formula is C13H25N3. The zero-order valence-corrected chi connectivity index (χ0v) is 11.0. The van der Waals surface area contributed by atoms with E-state index in [1.165, 1.54) is 12.0 Å². The molecular weight excluding hydrogens is 198 g/mol. The van der Waals surface area contributed by atoms with Crippen LogP contribution in [0.15, 0.2) is 12.4 Å². The first-order chi connectivity index (χ1) is 7.71. The summed E-state index contributed by atoms with van der Waals surface area (Å²) in [6.07, 6.45) is 6.46. The molecule has 0 spiro atoms. The molecule has 3 nitrogen and oxygen atoms in total. The molecule has 0 fully saturated rings. The molecule has 1 N–H and O–H groups in total. The molecule has 1 rings (SSSR count). The van der Waals surface area contributed by atoms with Crippen molar-refractivity contribution in [3.8, 4) is 0 Å². The Morgan fingerprint density at radius 1 is 1.38 bits per heavy atom. The zero-order valence-electron chi connectivity index (χ0n) is 11.0. The summed E-state index contributed by atoms with van der Waals surface area (Å²) in [6, 6.07) is 0.574. The van der Waals surface area contributed by atoms with Crippen molar-refractivity contribution in [2.45, 2.75) is 53.1 Å². The van der Waals surface area contributed by atoms with Crippen LogP contribution in [-0.4, -0.2) is 22.4 Å². The Labute approximate surface area is 99.2 Å². The fourth-order valence-electron chi connectivity index (χ4n) is 1.96. The minimum absolute atomic E-state index is 0.574. The molecule has 1 heterocycles. The fraction of sp³-hybridized carbons (Fsp3) is 0.769. The number of nitrogens with one attached hydrogen (secondary N) is 1. The lowest BCUT2D eigenvalue weighted by molar-refractivity contribution is 0.371. The summed E-state index contributed by atoms with van der Waals surface area (Å²) in [5, 5.41) is 7.89. The van der Waals surface area contributed by atoms with Crippen LogP contribution in [0.3, 0.4) is 0 Å². The summed E-state index contributed by atoms with van der Waals surface area (Å²) in [4.78, 5) is 0. The van der Waals surface area contributed by atoms with E-state index in [-0.39, 0.29) is 0 Å². The summed E-state index contributed by atoms with van der Waals surface area (Å²) in [5.74, 6) is 0.713. The highest BCUT2D eigenvalue weighted by molar-refractivity contribution is 5.06. The van der Waals surface area contributed by atoms with Crippen molar-refractivity contribution < 1.29 is 0 Å². The minimum atomic E-state index is 0.574. The number of hydrogen-bond donors (Lipinski definition) is 1. The minimum Gasteiger partial charge on any atom is -0.314 e. The predicted molar refractivity (Wildman–Crippen MR) is 68.5 cm³/mol. The van der Waals surface area contributed by atoms with Gasteiger partial charge in [-0.15, -0.1) is 0 Å². The van der Waals surface area contributed by atoms with Crippen molar-refractivity contribution in [2.24, 2.45) is 5.92 Å². The lowest BCUT2D eigenvalue weighted by Crippen LogP contribution is -2.36. The Hall–Kier alpha value is -0.830. The average molecular weight is 223 g/mol. The third kappa shape index (κ3) is 3.63. The van der Waals surface area contributed by atoms with E-state index >= 15 is 0 Å². The Balaban J connectivity index is 2.59. The van der Waals surface area contributed by atoms with Crippen LogP contribution in [0.1, 0.15) is 39.7 Å². The Kier molecular flexibility index (Phi) is 5.53. The molecule has 0 aliphatic heterocycles. The van der Waals surface area contributed by atoms with Gasteiger partial charge in [-0.1, -0.05) is 27.2 Å². The molecule has 2 atom stereocenters. The molecule has 0 aliphatic rings. The van der Waals surface area contributed by atoms with Crippen LogP contribution in [-0.2, 0) is 13.0 Å². The molecule has 1 aromatic heterocycles. The summed E-state index contributed by atoms with van der Waals surface area (Å²) in [5.41, 5.74) is 1.34. The van der Waals surface area contributed by atoms with Crippen LogP contribution in [0, 0.1) is 5.92 Å². The van der Waals surface area contributed by atoms with Gasteiger partial charge in [0.05, 0.1) is 6.20 Å². The van der Waals surface area contributed by atoms with E-state index in [0.717, 1.165) is 19.5 Å². The number of aromatic nitrogens is 2. The number of likely N-dealkylation sites (N-methyl/N-ethyl adjacent to an activating group) is 1. The van der Waals surface area contributed by atoms with Gasteiger partial charge in [0, 0.05) is 18.8 Å². The highest BCUT2D eigenvalue weighted by Gasteiger charge is 2.15. The van der Waals surface area contributed by atoms with Crippen LogP contribution in [0.2, 0.25) is 0 Å². The smallest absolute Gasteiger partial charge is 0.0522 e. The molecule has 0 aromatic carbocycles. The van der Waals surface area contributed by atoms with Gasteiger partial charge < -0.3 is 5.32 Å². The molecule has 0 radical (unpaired) electrons. The second kappa shape index (κ2) is 6.69. The summed E-state index contributed by atoms with van der Waals surface area (Å²) < 4.78 is 1.99. The lowest BCUT2D eigenvalue weighted by Gasteiger charge is -2.23. The second-order valence-electron chi connectivity index (χ2n) is 4.46. The molecule has 0 amide bonds. The maximum Gasteiger partial charge on any atom is 0.0522 e. The number of nitrogens with zero attached hydrogens (tertiary/aromatic N) is 2. The third-order valence-electron chi connectivity index (χ3n) is 3.26. The van der Waals surface area contributed by atoms with E-state index in [2.05, 4.69) is 44.3 Å². The molecule has 1 aromatic rings. The Morgan fingerprint density at radius 2 is 2.12 bits per heavy atom. The number of hydrogen-bond acceptors (Lipinski definition) is 2. The molecule has 16 heavy (non-hydrogen) atoms. The molecule has 0 aliphatic carbocycles. The van der Waals surface area contributed by atoms with Crippen molar-refractivity contribution in [1.82, 2.24) is 15.1 Å². The van der Waals surface area contributed by atoms with Crippen molar-refractivity contribution in [2.75, 3.05) is 6.54 Å². The Morgan fingerprint density at radius 3 is 2.62 bits per heavy atom. The second-order valence-corrected chi connectivity index (χ2v) is 4.46. The van der Waals surface area contributed by atoms with Crippen molar-refractivity contribution in [1.29, 1.82) is 0 Å². The van der Waals surface area contributed by atoms with Crippen LogP contribution < -0.4 is 5.32 Å². The summed E-state index contributed by atoms with van der Waals surface area (Å²) in [7, 11) is 0. The van der Waals surface area contributed by atoms with Gasteiger partial charge in [0.25, 0.3) is 0 Å². The van der Waals surface area contributed by atoms with Crippen molar-refractivity contribution in [3.63, 3.8) is 0 Å². The van der Waals surface area contributed by atoms with Gasteiger partial charge in [0.1, 0.15) is 0 Å². The normalized spacial score (nSPS) is 15.0. The quantitative estimate of drug-likeness (QED) is 0.769. The predicted octanol–water partition coefficient (Wildman–Crippen LogP) is 2.47. The highest BCUT2D eigenvalue weighted by Crippen LogP contribution is 2.13. The zero-order chi connectivity index (χ0) is 12.0. The maximum absolute atomic E-state index is 4.32. The molecule has 2 unspecified atom stereocenters. The number of aryl methyl sites for hydroxylation is 1. The van der Waals surface area contributed by atoms with Crippen LogP contribution in [0.25, 0.3) is 0 Å². The van der Waals surface area contributed by atoms with Crippen LogP contribution >= 0.6 is 0 Å². The van der Waals surface area contributed by atoms with Crippen LogP contribution in [0.5, 0.6) is 0 Å². The van der Waals surface area contributed by atoms with E-state index in [0.29, 0.717) is 12.0 Å². The van der Waals surface area contributed by atoms with E-state index < -0.39 is 0 Å². The Bertz CT molecular complexity index is 293. The summed E-state index contributed by atoms with van der Waals surface area (Å²) >= 11 is 0. The molecule has 3 heteroatoms. The molecule has 0 saturated heterocycles. The summed E-state index contributed by atoms with van der Waals surface area (Å²) in [6.45, 7) is 10.9. The largest absolute Gasteiger partial charge is 0.314 e. The van der Waals surface area contributed by atoms with E-state index in [1.54, 1.807) is 0 Å². The lowest BCUT2D eigenvalue weighted by atomic mass is 9.94. The van der Waals surface area contributed by atoms with E-state index in [9.17, 15) is 0 Å². The van der Waals surface area contributed by atoms with Gasteiger partial charge in [-0.05, 0) is 31.4 Å². The highest BCUT2D eigenvalue weighted by atomic mass is 15.3. The van der Waals surface area contributed by atoms with E-state index in [4.69, 9.17) is 0 Å². The van der Waals surface area contributed by atoms with Crippen molar-refractivity contribution >= 4 is 0 Å². The standard InChI is InChI=1S/C13H25N3/c1-5-11(4)13(14-6-2)8-12-9-15-16(7-3)10-12/h9-11,13-14H,5-8H2,1-4H3. The molecule has 0 bridgehead atoms. The first-order valence-electron chi connectivity index (χ1n) is 6.45. The molecule has 92 valence electrons. The molecule has 0 saturated carbocycles. The van der Waals surface area contributed by atoms with Gasteiger partial charge >= 0.3 is 0 Å². The average Bonchev–Trinajstić information content (AvgIpc) is 2.75. The maximum atomic E-state index is 4.32. The van der Waals surface area contributed by atoms with E-state index in [1.807, 2.05) is 10.9 Å². The fourth-order valence-corrected chi connectivity index (χ4v) is 1.96. The van der Waals surface area contributed by atoms with Gasteiger partial charge in [-0.25, -0.2) is 0 Å². The van der Waals surface area contributed by atoms with Gasteiger partial charge in [0.15, 0.2) is 0 Å². The third-order valence-corrected chi connectivity index (χ3v) is 3.26. The first-order valence-corrected chi connectivity index (χ1v) is 6.45. The topological polar surface area (TPSA) is 29.9 Å². The monoisotopic (exact) mass is 223 g/mol. The van der Waals surface area contributed by atoms with Crippen molar-refractivity contribution in [3.05, 3.63) is 18.0 Å². The number of rotatable bonds is 7. The first kappa shape index (κ1) is 13.2.